The monoisotopic (exact) mass is 673 g/mol. The second kappa shape index (κ2) is 15.8. The first-order valence-electron chi connectivity index (χ1n) is 15.5. The molecule has 0 aliphatic carbocycles. The summed E-state index contributed by atoms with van der Waals surface area (Å²) in [6.07, 6.45) is -0.627. The minimum Gasteiger partial charge on any atom is -0.494 e. The third-order valence-corrected chi connectivity index (χ3v) is 9.68. The minimum absolute atomic E-state index is 0.0235. The molecule has 252 valence electrons. The maximum atomic E-state index is 14.4. The second-order valence-electron chi connectivity index (χ2n) is 11.0. The maximum absolute atomic E-state index is 14.4. The summed E-state index contributed by atoms with van der Waals surface area (Å²) in [5, 5.41) is 9.06. The molecule has 5 rings (SSSR count). The summed E-state index contributed by atoms with van der Waals surface area (Å²) in [7, 11) is -0.717. The van der Waals surface area contributed by atoms with Crippen LogP contribution in [-0.4, -0.2) is 64.1 Å². The molecule has 1 heterocycles. The smallest absolute Gasteiger partial charge is 0.266 e. The number of benzene rings is 4. The molecular formula is C36H39N3O8S. The Labute approximate surface area is 280 Å². The molecule has 0 fully saturated rings. The lowest BCUT2D eigenvalue weighted by molar-refractivity contribution is -0.130. The number of carbonyl (C=O) groups excluding carboxylic acids is 1. The zero-order chi connectivity index (χ0) is 34.0. The average Bonchev–Trinajstić information content (AvgIpc) is 3.53. The number of ether oxygens (including phenoxy) is 4. The van der Waals surface area contributed by atoms with Crippen molar-refractivity contribution in [2.24, 2.45) is 4.99 Å². The number of hydrogen-bond acceptors (Lipinski definition) is 10. The molecule has 3 N–H and O–H groups in total. The summed E-state index contributed by atoms with van der Waals surface area (Å²) in [6.45, 7) is 0.558. The largest absolute Gasteiger partial charge is 0.494 e. The number of hydrogen-bond donors (Lipinski definition) is 3. The number of nitrogens with zero attached hydrogens (tertiary/aromatic N) is 1. The first-order valence-corrected chi connectivity index (χ1v) is 17.1. The van der Waals surface area contributed by atoms with Gasteiger partial charge in [-0.2, -0.15) is 0 Å². The van der Waals surface area contributed by atoms with Crippen LogP contribution in [0.25, 0.3) is 0 Å². The number of aliphatic hydroxyl groups excluding tert-OH is 1. The number of rotatable bonds is 16. The number of methoxy groups -OCH3 is 2. The fourth-order valence-electron chi connectivity index (χ4n) is 5.45. The minimum atomic E-state index is -3.79. The number of nitrogens with one attached hydrogen (secondary N) is 2. The standard InChI is InChI=1S/C36H39N3O8S/c1-44-31-16-9-13-28(32(31)45-2)25-37-39-35(41)36(21-24-48(42,43)30-14-7-4-8-15-30)33(26-11-5-3-6-12-26)47-34(38-36)27-17-19-29(20-18-27)46-23-10-22-40/h3-9,11-20,33,37,40H,10,21-25H2,1-2H3,(H,39,41)/t33-,36-/m0/s1. The Bertz CT molecular complexity index is 1800. The molecule has 2 atom stereocenters. The first kappa shape index (κ1) is 34.4. The molecule has 0 saturated heterocycles. The molecule has 1 amide bonds. The van der Waals surface area contributed by atoms with Crippen molar-refractivity contribution in [1.29, 1.82) is 0 Å². The molecule has 0 spiro atoms. The number of sulfone groups is 1. The molecule has 11 nitrogen and oxygen atoms in total. The van der Waals surface area contributed by atoms with Crippen LogP contribution in [0.15, 0.2) is 113 Å². The second-order valence-corrected chi connectivity index (χ2v) is 13.2. The van der Waals surface area contributed by atoms with Crippen LogP contribution in [0.4, 0.5) is 0 Å². The summed E-state index contributed by atoms with van der Waals surface area (Å²) >= 11 is 0. The molecule has 0 aromatic heterocycles. The van der Waals surface area contributed by atoms with Crippen LogP contribution < -0.4 is 25.1 Å². The van der Waals surface area contributed by atoms with Crippen LogP contribution in [-0.2, 0) is 25.9 Å². The van der Waals surface area contributed by atoms with E-state index >= 15 is 0 Å². The van der Waals surface area contributed by atoms with E-state index in [9.17, 15) is 13.2 Å². The lowest BCUT2D eigenvalue weighted by Crippen LogP contribution is -2.53. The Morgan fingerprint density at radius 1 is 0.917 bits per heavy atom. The Morgan fingerprint density at radius 3 is 2.29 bits per heavy atom. The van der Waals surface area contributed by atoms with E-state index in [4.69, 9.17) is 29.0 Å². The fourth-order valence-corrected chi connectivity index (χ4v) is 6.84. The van der Waals surface area contributed by atoms with Gasteiger partial charge in [0.1, 0.15) is 5.75 Å². The van der Waals surface area contributed by atoms with Gasteiger partial charge in [-0.1, -0.05) is 60.7 Å². The van der Waals surface area contributed by atoms with Crippen LogP contribution in [0.3, 0.4) is 0 Å². The highest BCUT2D eigenvalue weighted by molar-refractivity contribution is 7.91. The SMILES string of the molecule is COc1cccc(CNNC(=O)[C@@]2(CCS(=O)(=O)c3ccccc3)N=C(c3ccc(OCCCO)cc3)O[C@H]2c2ccccc2)c1OC. The molecule has 4 aromatic rings. The number of para-hydroxylation sites is 1. The van der Waals surface area contributed by atoms with Gasteiger partial charge in [0.25, 0.3) is 5.91 Å². The average molecular weight is 674 g/mol. The van der Waals surface area contributed by atoms with Crippen molar-refractivity contribution in [2.45, 2.75) is 35.9 Å². The van der Waals surface area contributed by atoms with Crippen molar-refractivity contribution in [1.82, 2.24) is 10.9 Å². The summed E-state index contributed by atoms with van der Waals surface area (Å²) in [5.74, 6) is 0.905. The third kappa shape index (κ3) is 7.79. The molecule has 0 unspecified atom stereocenters. The van der Waals surface area contributed by atoms with Gasteiger partial charge in [-0.25, -0.2) is 18.8 Å². The van der Waals surface area contributed by atoms with Gasteiger partial charge in [0.15, 0.2) is 33.0 Å². The zero-order valence-corrected chi connectivity index (χ0v) is 27.6. The van der Waals surface area contributed by atoms with Crippen molar-refractivity contribution in [2.75, 3.05) is 33.2 Å². The predicted octanol–water partition coefficient (Wildman–Crippen LogP) is 4.41. The van der Waals surface area contributed by atoms with E-state index in [0.29, 0.717) is 41.4 Å². The number of hydrazine groups is 1. The first-order chi connectivity index (χ1) is 23.3. The zero-order valence-electron chi connectivity index (χ0n) is 26.8. The van der Waals surface area contributed by atoms with Crippen molar-refractivity contribution in [3.05, 3.63) is 120 Å². The highest BCUT2D eigenvalue weighted by Crippen LogP contribution is 2.43. The van der Waals surface area contributed by atoms with Crippen molar-refractivity contribution < 1.29 is 37.3 Å². The molecule has 48 heavy (non-hydrogen) atoms. The predicted molar refractivity (Wildman–Crippen MR) is 181 cm³/mol. The number of amides is 1. The van der Waals surface area contributed by atoms with Gasteiger partial charge in [0, 0.05) is 37.1 Å². The quantitative estimate of drug-likeness (QED) is 0.116. The highest BCUT2D eigenvalue weighted by Gasteiger charge is 2.53. The lowest BCUT2D eigenvalue weighted by atomic mass is 9.85. The van der Waals surface area contributed by atoms with E-state index in [2.05, 4.69) is 10.9 Å². The van der Waals surface area contributed by atoms with Crippen molar-refractivity contribution >= 4 is 21.6 Å². The Morgan fingerprint density at radius 2 is 1.62 bits per heavy atom. The topological polar surface area (TPSA) is 145 Å². The highest BCUT2D eigenvalue weighted by atomic mass is 32.2. The van der Waals surface area contributed by atoms with Crippen LogP contribution >= 0.6 is 0 Å². The van der Waals surface area contributed by atoms with Crippen LogP contribution in [0.2, 0.25) is 0 Å². The van der Waals surface area contributed by atoms with Gasteiger partial charge < -0.3 is 24.1 Å². The molecule has 4 aromatic carbocycles. The van der Waals surface area contributed by atoms with Crippen LogP contribution in [0.1, 0.15) is 35.6 Å². The van der Waals surface area contributed by atoms with Gasteiger partial charge in [-0.15, -0.1) is 0 Å². The summed E-state index contributed by atoms with van der Waals surface area (Å²) < 4.78 is 50.1. The number of aliphatic hydroxyl groups is 1. The fraction of sp³-hybridized carbons (Fsp3) is 0.278. The molecule has 0 bridgehead atoms. The summed E-state index contributed by atoms with van der Waals surface area (Å²) in [4.78, 5) is 19.4. The molecule has 12 heteroatoms. The van der Waals surface area contributed by atoms with E-state index in [-0.39, 0.29) is 36.1 Å². The van der Waals surface area contributed by atoms with Gasteiger partial charge in [-0.3, -0.25) is 10.2 Å². The summed E-state index contributed by atoms with van der Waals surface area (Å²) in [6, 6.07) is 29.7. The van der Waals surface area contributed by atoms with Crippen LogP contribution in [0, 0.1) is 0 Å². The number of carbonyl (C=O) groups is 1. The van der Waals surface area contributed by atoms with E-state index in [0.717, 1.165) is 5.56 Å². The van der Waals surface area contributed by atoms with E-state index < -0.39 is 27.4 Å². The van der Waals surface area contributed by atoms with E-state index in [1.165, 1.54) is 19.2 Å². The normalized spacial score (nSPS) is 17.2. The molecular weight excluding hydrogens is 634 g/mol. The third-order valence-electron chi connectivity index (χ3n) is 7.95. The van der Waals surface area contributed by atoms with Gasteiger partial charge in [0.05, 0.1) is 31.5 Å². The maximum Gasteiger partial charge on any atom is 0.266 e. The number of aliphatic imine (C=N–C) groups is 1. The Kier molecular flexibility index (Phi) is 11.3. The molecule has 1 aliphatic rings. The van der Waals surface area contributed by atoms with Gasteiger partial charge in [-0.05, 0) is 48.0 Å². The van der Waals surface area contributed by atoms with Crippen molar-refractivity contribution in [3.63, 3.8) is 0 Å². The lowest BCUT2D eigenvalue weighted by Gasteiger charge is -2.30. The molecule has 1 aliphatic heterocycles. The van der Waals surface area contributed by atoms with E-state index in [1.54, 1.807) is 55.6 Å². The van der Waals surface area contributed by atoms with Crippen LogP contribution in [0.5, 0.6) is 17.2 Å². The van der Waals surface area contributed by atoms with Gasteiger partial charge >= 0.3 is 0 Å². The van der Waals surface area contributed by atoms with Crippen molar-refractivity contribution in [3.8, 4) is 17.2 Å². The Hall–Kier alpha value is -4.91. The molecule has 0 saturated carbocycles. The summed E-state index contributed by atoms with van der Waals surface area (Å²) in [5.41, 5.74) is 6.04. The van der Waals surface area contributed by atoms with E-state index in [1.807, 2.05) is 42.5 Å². The van der Waals surface area contributed by atoms with Gasteiger partial charge in [0.2, 0.25) is 5.90 Å². The Balaban J connectivity index is 1.50. The molecule has 0 radical (unpaired) electrons.